The summed E-state index contributed by atoms with van der Waals surface area (Å²) in [5.41, 5.74) is 0. The molecular formula is C12H25Ta-. The molecule has 0 amide bonds. The van der Waals surface area contributed by atoms with Crippen LogP contribution in [0.15, 0.2) is 0 Å². The van der Waals surface area contributed by atoms with Crippen molar-refractivity contribution in [3.63, 3.8) is 0 Å². The Labute approximate surface area is 96.9 Å². The predicted molar refractivity (Wildman–Crippen MR) is 59.7 cm³/mol. The summed E-state index contributed by atoms with van der Waals surface area (Å²) < 4.78 is 3.36. The minimum Gasteiger partial charge on any atom is -0.358 e. The zero-order valence-electron chi connectivity index (χ0n) is 9.23. The molecule has 0 saturated heterocycles. The summed E-state index contributed by atoms with van der Waals surface area (Å²) in [6, 6.07) is 0. The topological polar surface area (TPSA) is 0 Å². The van der Waals surface area contributed by atoms with Crippen LogP contribution in [0.3, 0.4) is 0 Å². The first-order valence-corrected chi connectivity index (χ1v) is 7.59. The molecule has 2 aliphatic rings. The fraction of sp³-hybridized carbons (Fsp3) is 0.833. The zero-order valence-corrected chi connectivity index (χ0v) is 12.4. The minimum atomic E-state index is 0. The Morgan fingerprint density at radius 3 is 0.615 bits per heavy atom. The molecule has 2 aliphatic carbocycles. The summed E-state index contributed by atoms with van der Waals surface area (Å²) in [5.74, 6) is 0. The van der Waals surface area contributed by atoms with Gasteiger partial charge in [0.25, 0.3) is 0 Å². The molecule has 0 radical (unpaired) electrons. The Kier molecular flexibility index (Phi) is 18.6. The average molecular weight is 350 g/mol. The Hall–Kier alpha value is 0.610. The van der Waals surface area contributed by atoms with Gasteiger partial charge >= 0.3 is 25.3 Å². The molecule has 0 N–H and O–H groups in total. The molecule has 0 aromatic rings. The molecule has 0 atom stereocenters. The van der Waals surface area contributed by atoms with Crippen LogP contribution in [0, 0.1) is 7.43 Å². The van der Waals surface area contributed by atoms with E-state index in [-0.39, 0.29) is 7.43 Å². The maximum absolute atomic E-state index is 3.36. The molecule has 0 aromatic carbocycles. The van der Waals surface area contributed by atoms with Crippen molar-refractivity contribution in [1.29, 1.82) is 0 Å². The van der Waals surface area contributed by atoms with Crippen LogP contribution in [0.25, 0.3) is 0 Å². The molecule has 0 unspecified atom stereocenters. The van der Waals surface area contributed by atoms with Crippen molar-refractivity contribution >= 4 is 4.73 Å². The standard InChI is InChI=1S/2C5H10.CH3.CH2.Ta/c2*1-2-4-5-3-1;;;/h2*1-5H2;1H3;1H2;/q;;-1;;. The molecule has 0 bridgehead atoms. The van der Waals surface area contributed by atoms with Crippen LogP contribution < -0.4 is 0 Å². The zero-order chi connectivity index (χ0) is 9.07. The third kappa shape index (κ3) is 12.6. The van der Waals surface area contributed by atoms with E-state index in [4.69, 9.17) is 0 Å². The van der Waals surface area contributed by atoms with E-state index in [1.807, 2.05) is 0 Å². The second-order valence-electron chi connectivity index (χ2n) is 3.54. The molecule has 0 aromatic heterocycles. The molecule has 0 spiro atoms. The van der Waals surface area contributed by atoms with E-state index in [0.717, 1.165) is 0 Å². The average Bonchev–Trinajstić information content (AvgIpc) is 2.87. The number of rotatable bonds is 0. The van der Waals surface area contributed by atoms with Crippen LogP contribution in [0.2, 0.25) is 0 Å². The number of hydrogen-bond donors (Lipinski definition) is 0. The van der Waals surface area contributed by atoms with Crippen LogP contribution in [-0.2, 0) is 20.6 Å². The van der Waals surface area contributed by atoms with Crippen molar-refractivity contribution in [2.24, 2.45) is 0 Å². The van der Waals surface area contributed by atoms with Crippen LogP contribution in [0.4, 0.5) is 0 Å². The van der Waals surface area contributed by atoms with E-state index in [9.17, 15) is 0 Å². The molecule has 2 fully saturated rings. The van der Waals surface area contributed by atoms with Crippen molar-refractivity contribution in [2.45, 2.75) is 64.2 Å². The van der Waals surface area contributed by atoms with Crippen LogP contribution in [-0.4, -0.2) is 4.73 Å². The van der Waals surface area contributed by atoms with E-state index in [1.54, 1.807) is 0 Å². The van der Waals surface area contributed by atoms with Crippen molar-refractivity contribution in [3.8, 4) is 0 Å². The van der Waals surface area contributed by atoms with Gasteiger partial charge in [0.15, 0.2) is 0 Å². The Balaban J connectivity index is 0. The van der Waals surface area contributed by atoms with Gasteiger partial charge in [-0.05, 0) is 0 Å². The van der Waals surface area contributed by atoms with Gasteiger partial charge in [-0.1, -0.05) is 64.2 Å². The molecule has 0 aliphatic heterocycles. The van der Waals surface area contributed by atoms with Gasteiger partial charge in [0, 0.05) is 0 Å². The maximum atomic E-state index is 3.36. The predicted octanol–water partition coefficient (Wildman–Crippen LogP) is 4.32. The second-order valence-corrected chi connectivity index (χ2v) is 3.54. The fourth-order valence-electron chi connectivity index (χ4n) is 1.77. The van der Waals surface area contributed by atoms with E-state index < -0.39 is 0 Å². The Morgan fingerprint density at radius 1 is 0.462 bits per heavy atom. The molecule has 2 rings (SSSR count). The van der Waals surface area contributed by atoms with E-state index in [1.165, 1.54) is 84.8 Å². The molecule has 79 valence electrons. The Morgan fingerprint density at radius 2 is 0.538 bits per heavy atom. The van der Waals surface area contributed by atoms with Gasteiger partial charge in [-0.25, -0.2) is 0 Å². The van der Waals surface area contributed by atoms with E-state index in [0.29, 0.717) is 0 Å². The molecule has 0 heterocycles. The maximum Gasteiger partial charge on any atom is -0.358 e. The first kappa shape index (κ1) is 16.1. The molecule has 2 saturated carbocycles. The van der Waals surface area contributed by atoms with Crippen molar-refractivity contribution < 1.29 is 20.6 Å². The quantitative estimate of drug-likeness (QED) is 0.571. The fourth-order valence-corrected chi connectivity index (χ4v) is 1.77. The molecular weight excluding hydrogens is 325 g/mol. The number of hydrogen-bond acceptors (Lipinski definition) is 0. The van der Waals surface area contributed by atoms with Gasteiger partial charge in [-0.15, -0.1) is 0 Å². The Bertz CT molecular complexity index is 48.0. The van der Waals surface area contributed by atoms with Gasteiger partial charge < -0.3 is 7.43 Å². The van der Waals surface area contributed by atoms with Crippen LogP contribution in [0.1, 0.15) is 64.2 Å². The molecule has 1 heteroatoms. The van der Waals surface area contributed by atoms with Gasteiger partial charge in [-0.3, -0.25) is 0 Å². The summed E-state index contributed by atoms with van der Waals surface area (Å²) in [5, 5.41) is 0. The van der Waals surface area contributed by atoms with Crippen molar-refractivity contribution in [1.82, 2.24) is 0 Å². The smallest absolute Gasteiger partial charge is 0.358 e. The van der Waals surface area contributed by atoms with Crippen molar-refractivity contribution in [2.75, 3.05) is 0 Å². The van der Waals surface area contributed by atoms with Gasteiger partial charge in [-0.2, -0.15) is 0 Å². The first-order valence-electron chi connectivity index (χ1n) is 5.32. The summed E-state index contributed by atoms with van der Waals surface area (Å²) in [6.45, 7) is 0. The molecule has 13 heavy (non-hydrogen) atoms. The first-order chi connectivity index (χ1) is 6.00. The van der Waals surface area contributed by atoms with Gasteiger partial charge in [0.05, 0.1) is 0 Å². The van der Waals surface area contributed by atoms with E-state index >= 15 is 0 Å². The SMILES string of the molecule is C1CCCC1.C1CCCC1.[CH2]=[Ta].[CH3-]. The van der Waals surface area contributed by atoms with Crippen molar-refractivity contribution in [3.05, 3.63) is 7.43 Å². The second kappa shape index (κ2) is 15.1. The summed E-state index contributed by atoms with van der Waals surface area (Å²) >= 11 is 1.19. The van der Waals surface area contributed by atoms with Gasteiger partial charge in [0.1, 0.15) is 0 Å². The minimum absolute atomic E-state index is 0. The van der Waals surface area contributed by atoms with E-state index in [2.05, 4.69) is 4.73 Å². The summed E-state index contributed by atoms with van der Waals surface area (Å²) in [7, 11) is 0. The third-order valence-corrected chi connectivity index (χ3v) is 2.50. The third-order valence-electron chi connectivity index (χ3n) is 2.50. The molecule has 0 nitrogen and oxygen atoms in total. The summed E-state index contributed by atoms with van der Waals surface area (Å²) in [4.78, 5) is 0. The van der Waals surface area contributed by atoms with Crippen LogP contribution in [0.5, 0.6) is 0 Å². The monoisotopic (exact) mass is 350 g/mol. The van der Waals surface area contributed by atoms with Gasteiger partial charge in [0.2, 0.25) is 0 Å². The normalized spacial score (nSPS) is 18.7. The van der Waals surface area contributed by atoms with Crippen LogP contribution >= 0.6 is 0 Å². The largest absolute Gasteiger partial charge is 0.358 e. The summed E-state index contributed by atoms with van der Waals surface area (Å²) in [6.07, 6.45) is 15.0.